The fourth-order valence-corrected chi connectivity index (χ4v) is 1.40. The Balaban J connectivity index is 3.21. The van der Waals surface area contributed by atoms with Crippen LogP contribution in [0.15, 0.2) is 6.07 Å². The van der Waals surface area contributed by atoms with Gasteiger partial charge < -0.3 is 4.74 Å². The molecule has 0 saturated heterocycles. The Hall–Kier alpha value is -1.30. The Kier molecular flexibility index (Phi) is 4.74. The summed E-state index contributed by atoms with van der Waals surface area (Å²) in [6.45, 7) is 0. The van der Waals surface area contributed by atoms with Gasteiger partial charge in [0, 0.05) is 11.1 Å². The molecule has 0 N–H and O–H groups in total. The number of hydrogen-bond donors (Lipinski definition) is 0. The number of rotatable bonds is 4. The number of halogens is 4. The Bertz CT molecular complexity index is 426. The van der Waals surface area contributed by atoms with E-state index in [1.165, 1.54) is 0 Å². The number of esters is 1. The molecule has 1 aromatic heterocycles. The number of carbonyl (C=O) groups is 1. The summed E-state index contributed by atoms with van der Waals surface area (Å²) in [6, 6.07) is 0.985. The van der Waals surface area contributed by atoms with Gasteiger partial charge in [0.1, 0.15) is 0 Å². The van der Waals surface area contributed by atoms with Crippen LogP contribution in [0, 0.1) is 5.95 Å². The molecule has 3 nitrogen and oxygen atoms in total. The smallest absolute Gasteiger partial charge is 0.310 e. The minimum absolute atomic E-state index is 0.00641. The van der Waals surface area contributed by atoms with E-state index in [2.05, 4.69) is 9.72 Å². The summed E-state index contributed by atoms with van der Waals surface area (Å²) in [5.74, 6) is -2.12. The van der Waals surface area contributed by atoms with Crippen LogP contribution in [0.1, 0.15) is 23.2 Å². The van der Waals surface area contributed by atoms with Crippen LogP contribution in [-0.2, 0) is 21.8 Å². The SMILES string of the molecule is COC(=O)Cc1c(C(F)F)cc(CCl)nc1F. The van der Waals surface area contributed by atoms with E-state index < -0.39 is 35.9 Å². The summed E-state index contributed by atoms with van der Waals surface area (Å²) in [7, 11) is 1.09. The number of pyridine rings is 1. The van der Waals surface area contributed by atoms with Crippen molar-refractivity contribution in [2.45, 2.75) is 18.7 Å². The second-order valence-electron chi connectivity index (χ2n) is 3.16. The molecule has 0 radical (unpaired) electrons. The molecule has 7 heteroatoms. The van der Waals surface area contributed by atoms with Gasteiger partial charge in [-0.15, -0.1) is 11.6 Å². The summed E-state index contributed by atoms with van der Waals surface area (Å²) in [5, 5.41) is 0. The topological polar surface area (TPSA) is 39.2 Å². The fraction of sp³-hybridized carbons (Fsp3) is 0.400. The van der Waals surface area contributed by atoms with E-state index in [4.69, 9.17) is 11.6 Å². The Morgan fingerprint density at radius 2 is 2.24 bits per heavy atom. The van der Waals surface area contributed by atoms with Crippen LogP contribution in [-0.4, -0.2) is 18.1 Å². The van der Waals surface area contributed by atoms with Crippen molar-refractivity contribution >= 4 is 17.6 Å². The molecular weight excluding hydrogens is 259 g/mol. The van der Waals surface area contributed by atoms with Crippen LogP contribution in [0.3, 0.4) is 0 Å². The Morgan fingerprint density at radius 3 is 2.71 bits per heavy atom. The maximum absolute atomic E-state index is 13.4. The van der Waals surface area contributed by atoms with Crippen LogP contribution in [0.4, 0.5) is 13.2 Å². The fourth-order valence-electron chi connectivity index (χ4n) is 1.27. The number of hydrogen-bond acceptors (Lipinski definition) is 3. The number of nitrogens with zero attached hydrogens (tertiary/aromatic N) is 1. The van der Waals surface area contributed by atoms with Crippen molar-refractivity contribution in [1.29, 1.82) is 0 Å². The predicted molar refractivity (Wildman–Crippen MR) is 54.4 cm³/mol. The molecule has 0 amide bonds. The quantitative estimate of drug-likeness (QED) is 0.478. The first kappa shape index (κ1) is 13.8. The van der Waals surface area contributed by atoms with E-state index in [0.29, 0.717) is 0 Å². The monoisotopic (exact) mass is 267 g/mol. The van der Waals surface area contributed by atoms with E-state index in [-0.39, 0.29) is 11.6 Å². The van der Waals surface area contributed by atoms with Gasteiger partial charge in [0.2, 0.25) is 5.95 Å². The minimum Gasteiger partial charge on any atom is -0.469 e. The first-order valence-electron chi connectivity index (χ1n) is 4.58. The summed E-state index contributed by atoms with van der Waals surface area (Å²) < 4.78 is 43.1. The van der Waals surface area contributed by atoms with Crippen LogP contribution in [0.2, 0.25) is 0 Å². The molecule has 0 saturated carbocycles. The van der Waals surface area contributed by atoms with E-state index in [1.54, 1.807) is 0 Å². The molecule has 1 heterocycles. The maximum atomic E-state index is 13.4. The molecule has 0 fully saturated rings. The van der Waals surface area contributed by atoms with Gasteiger partial charge in [-0.1, -0.05) is 0 Å². The van der Waals surface area contributed by atoms with E-state index in [9.17, 15) is 18.0 Å². The van der Waals surface area contributed by atoms with Gasteiger partial charge in [0.25, 0.3) is 6.43 Å². The van der Waals surface area contributed by atoms with Crippen LogP contribution in [0.5, 0.6) is 0 Å². The third-order valence-electron chi connectivity index (χ3n) is 2.08. The van der Waals surface area contributed by atoms with Crippen molar-refractivity contribution in [3.05, 3.63) is 28.8 Å². The van der Waals surface area contributed by atoms with Gasteiger partial charge in [0.05, 0.1) is 25.1 Å². The molecule has 0 aliphatic rings. The normalized spacial score (nSPS) is 10.7. The van der Waals surface area contributed by atoms with Crippen LogP contribution >= 0.6 is 11.6 Å². The molecule has 17 heavy (non-hydrogen) atoms. The molecule has 0 aliphatic heterocycles. The molecule has 1 aromatic rings. The molecule has 0 spiro atoms. The maximum Gasteiger partial charge on any atom is 0.310 e. The number of methoxy groups -OCH3 is 1. The highest BCUT2D eigenvalue weighted by atomic mass is 35.5. The predicted octanol–water partition coefficient (Wildman–Crippen LogP) is 2.61. The molecule has 0 bridgehead atoms. The molecule has 94 valence electrons. The average Bonchev–Trinajstić information content (AvgIpc) is 2.30. The van der Waals surface area contributed by atoms with E-state index in [1.807, 2.05) is 0 Å². The van der Waals surface area contributed by atoms with Crippen molar-refractivity contribution < 1.29 is 22.7 Å². The van der Waals surface area contributed by atoms with Crippen LogP contribution < -0.4 is 0 Å². The molecule has 0 aliphatic carbocycles. The van der Waals surface area contributed by atoms with Crippen molar-refractivity contribution in [2.24, 2.45) is 0 Å². The van der Waals surface area contributed by atoms with Crippen molar-refractivity contribution in [3.8, 4) is 0 Å². The van der Waals surface area contributed by atoms with Gasteiger partial charge in [-0.25, -0.2) is 13.8 Å². The first-order chi connectivity index (χ1) is 7.99. The molecule has 0 aromatic carbocycles. The lowest BCUT2D eigenvalue weighted by molar-refractivity contribution is -0.139. The second-order valence-corrected chi connectivity index (χ2v) is 3.43. The summed E-state index contributed by atoms with van der Waals surface area (Å²) in [5.41, 5.74) is -1.05. The molecule has 1 rings (SSSR count). The van der Waals surface area contributed by atoms with Gasteiger partial charge in [-0.05, 0) is 6.07 Å². The largest absolute Gasteiger partial charge is 0.469 e. The Labute approximate surface area is 101 Å². The third kappa shape index (κ3) is 3.33. The lowest BCUT2D eigenvalue weighted by Crippen LogP contribution is -2.11. The lowest BCUT2D eigenvalue weighted by Gasteiger charge is -2.10. The molecule has 0 atom stereocenters. The lowest BCUT2D eigenvalue weighted by atomic mass is 10.1. The van der Waals surface area contributed by atoms with Gasteiger partial charge in [0.15, 0.2) is 0 Å². The first-order valence-corrected chi connectivity index (χ1v) is 5.12. The number of aromatic nitrogens is 1. The van der Waals surface area contributed by atoms with E-state index in [0.717, 1.165) is 13.2 Å². The Morgan fingerprint density at radius 1 is 1.59 bits per heavy atom. The number of ether oxygens (including phenoxy) is 1. The van der Waals surface area contributed by atoms with Gasteiger partial charge in [-0.3, -0.25) is 4.79 Å². The molecule has 0 unspecified atom stereocenters. The van der Waals surface area contributed by atoms with Crippen LogP contribution in [0.25, 0.3) is 0 Å². The zero-order valence-corrected chi connectivity index (χ0v) is 9.60. The summed E-state index contributed by atoms with van der Waals surface area (Å²) in [6.07, 6.45) is -3.49. The zero-order valence-electron chi connectivity index (χ0n) is 8.84. The standard InChI is InChI=1S/C10H9ClF3NO2/c1-17-8(16)3-7-6(9(12)13)2-5(4-11)15-10(7)14/h2,9H,3-4H2,1H3. The van der Waals surface area contributed by atoms with Gasteiger partial charge >= 0.3 is 5.97 Å². The highest BCUT2D eigenvalue weighted by molar-refractivity contribution is 6.16. The van der Waals surface area contributed by atoms with Gasteiger partial charge in [-0.2, -0.15) is 4.39 Å². The number of alkyl halides is 3. The summed E-state index contributed by atoms with van der Waals surface area (Å²) in [4.78, 5) is 14.4. The van der Waals surface area contributed by atoms with Crippen molar-refractivity contribution in [2.75, 3.05) is 7.11 Å². The highest BCUT2D eigenvalue weighted by Gasteiger charge is 2.21. The summed E-state index contributed by atoms with van der Waals surface area (Å²) >= 11 is 5.40. The number of carbonyl (C=O) groups excluding carboxylic acids is 1. The van der Waals surface area contributed by atoms with Crippen molar-refractivity contribution in [3.63, 3.8) is 0 Å². The minimum atomic E-state index is -2.91. The van der Waals surface area contributed by atoms with E-state index >= 15 is 0 Å². The zero-order chi connectivity index (χ0) is 13.0. The van der Waals surface area contributed by atoms with Crippen molar-refractivity contribution in [1.82, 2.24) is 4.98 Å². The third-order valence-corrected chi connectivity index (χ3v) is 2.36. The average molecular weight is 268 g/mol. The molecular formula is C10H9ClF3NO2. The second kappa shape index (κ2) is 5.86. The highest BCUT2D eigenvalue weighted by Crippen LogP contribution is 2.26.